The van der Waals surface area contributed by atoms with Crippen LogP contribution in [-0.2, 0) is 0 Å². The lowest BCUT2D eigenvalue weighted by molar-refractivity contribution is -0.115. The normalized spacial score (nSPS) is 11.0. The van der Waals surface area contributed by atoms with Gasteiger partial charge in [-0.3, -0.25) is 9.59 Å². The van der Waals surface area contributed by atoms with Crippen molar-refractivity contribution < 1.29 is 22.8 Å². The molecule has 1 aromatic carbocycles. The molecular formula is C14H13F3N6O2. The van der Waals surface area contributed by atoms with Gasteiger partial charge in [-0.05, 0) is 24.3 Å². The Balaban J connectivity index is 2.23. The first-order valence-corrected chi connectivity index (χ1v) is 6.80. The topological polar surface area (TPSA) is 136 Å². The van der Waals surface area contributed by atoms with E-state index in [4.69, 9.17) is 11.5 Å². The van der Waals surface area contributed by atoms with E-state index >= 15 is 0 Å². The van der Waals surface area contributed by atoms with E-state index in [0.29, 0.717) is 5.69 Å². The summed E-state index contributed by atoms with van der Waals surface area (Å²) in [6.45, 7) is -1.39. The number of anilines is 3. The van der Waals surface area contributed by atoms with Gasteiger partial charge in [-0.25, -0.2) is 4.98 Å². The lowest BCUT2D eigenvalue weighted by atomic mass is 10.2. The summed E-state index contributed by atoms with van der Waals surface area (Å²) in [6.07, 6.45) is -3.49. The molecule has 25 heavy (non-hydrogen) atoms. The van der Waals surface area contributed by atoms with Crippen LogP contribution in [0.3, 0.4) is 0 Å². The number of nitrogens with one attached hydrogen (secondary N) is 2. The number of rotatable bonds is 6. The number of benzene rings is 1. The van der Waals surface area contributed by atoms with Crippen molar-refractivity contribution in [2.45, 2.75) is 6.18 Å². The third kappa shape index (κ3) is 5.06. The summed E-state index contributed by atoms with van der Waals surface area (Å²) in [5, 5.41) is 4.73. The number of hydrogen-bond donors (Lipinski definition) is 4. The van der Waals surface area contributed by atoms with Gasteiger partial charge in [0.25, 0.3) is 5.91 Å². The highest BCUT2D eigenvalue weighted by Gasteiger charge is 2.28. The molecule has 1 heterocycles. The molecule has 0 aliphatic rings. The Morgan fingerprint density at radius 3 is 2.24 bits per heavy atom. The molecule has 132 valence electrons. The number of aromatic nitrogens is 2. The maximum atomic E-state index is 12.3. The quantitative estimate of drug-likeness (QED) is 0.619. The summed E-state index contributed by atoms with van der Waals surface area (Å²) in [7, 11) is 0. The molecule has 2 aromatic rings. The molecule has 0 atom stereocenters. The van der Waals surface area contributed by atoms with Crippen molar-refractivity contribution in [3.8, 4) is 0 Å². The number of hydrogen-bond acceptors (Lipinski definition) is 6. The maximum absolute atomic E-state index is 12.3. The molecule has 0 aliphatic heterocycles. The molecule has 0 bridgehead atoms. The van der Waals surface area contributed by atoms with Gasteiger partial charge >= 0.3 is 6.18 Å². The molecule has 11 heteroatoms. The molecule has 8 nitrogen and oxygen atoms in total. The van der Waals surface area contributed by atoms with Crippen molar-refractivity contribution in [3.05, 3.63) is 41.6 Å². The molecule has 1 aromatic heterocycles. The van der Waals surface area contributed by atoms with Gasteiger partial charge in [0.05, 0.1) is 5.56 Å². The fourth-order valence-electron chi connectivity index (χ4n) is 1.79. The van der Waals surface area contributed by atoms with Crippen molar-refractivity contribution in [1.29, 1.82) is 0 Å². The first-order chi connectivity index (χ1) is 11.7. The maximum Gasteiger partial charge on any atom is 0.405 e. The van der Waals surface area contributed by atoms with Gasteiger partial charge in [-0.15, -0.1) is 0 Å². The van der Waals surface area contributed by atoms with E-state index in [1.54, 1.807) is 0 Å². The van der Waals surface area contributed by atoms with Crippen LogP contribution in [0, 0.1) is 0 Å². The highest BCUT2D eigenvalue weighted by molar-refractivity contribution is 5.97. The minimum Gasteiger partial charge on any atom is -0.366 e. The number of carbonyl (C=O) groups excluding carboxylic acids is 2. The van der Waals surface area contributed by atoms with Crippen LogP contribution in [-0.4, -0.2) is 34.5 Å². The van der Waals surface area contributed by atoms with Gasteiger partial charge in [-0.1, -0.05) is 0 Å². The molecule has 2 amide bonds. The monoisotopic (exact) mass is 354 g/mol. The van der Waals surface area contributed by atoms with Crippen LogP contribution in [0.15, 0.2) is 30.5 Å². The Labute approximate surface area is 139 Å². The van der Waals surface area contributed by atoms with Gasteiger partial charge in [0.2, 0.25) is 11.9 Å². The lowest BCUT2D eigenvalue weighted by Gasteiger charge is -2.13. The van der Waals surface area contributed by atoms with Gasteiger partial charge in [-0.2, -0.15) is 18.2 Å². The third-order valence-electron chi connectivity index (χ3n) is 2.94. The van der Waals surface area contributed by atoms with E-state index in [9.17, 15) is 22.8 Å². The third-order valence-corrected chi connectivity index (χ3v) is 2.94. The lowest BCUT2D eigenvalue weighted by Crippen LogP contribution is -2.24. The summed E-state index contributed by atoms with van der Waals surface area (Å²) in [5.41, 5.74) is 10.7. The Hall–Kier alpha value is -3.37. The summed E-state index contributed by atoms with van der Waals surface area (Å²) in [5.74, 6) is -1.99. The van der Waals surface area contributed by atoms with Gasteiger partial charge in [0, 0.05) is 17.4 Å². The fraction of sp³-hybridized carbons (Fsp3) is 0.143. The smallest absolute Gasteiger partial charge is 0.366 e. The van der Waals surface area contributed by atoms with Crippen molar-refractivity contribution in [1.82, 2.24) is 9.97 Å². The Kier molecular flexibility index (Phi) is 5.05. The first kappa shape index (κ1) is 18.0. The Bertz CT molecular complexity index is 792. The van der Waals surface area contributed by atoms with Crippen molar-refractivity contribution in [2.24, 2.45) is 11.5 Å². The zero-order valence-corrected chi connectivity index (χ0v) is 12.6. The minimum atomic E-state index is -4.50. The zero-order valence-electron chi connectivity index (χ0n) is 12.6. The van der Waals surface area contributed by atoms with E-state index in [1.165, 1.54) is 24.3 Å². The van der Waals surface area contributed by atoms with E-state index in [0.717, 1.165) is 6.20 Å². The number of carbonyl (C=O) groups is 2. The molecule has 0 radical (unpaired) electrons. The average Bonchev–Trinajstić information content (AvgIpc) is 2.52. The highest BCUT2D eigenvalue weighted by Crippen LogP contribution is 2.20. The van der Waals surface area contributed by atoms with Crippen molar-refractivity contribution in [3.63, 3.8) is 0 Å². The van der Waals surface area contributed by atoms with Crippen molar-refractivity contribution >= 4 is 29.3 Å². The molecule has 0 spiro atoms. The Morgan fingerprint density at radius 2 is 1.72 bits per heavy atom. The predicted molar refractivity (Wildman–Crippen MR) is 83.3 cm³/mol. The SMILES string of the molecule is NC(=O)c1ccc(Nc2ncc(C(N)=O)c(NCC(F)(F)F)n2)cc1. The number of primary amides is 2. The summed E-state index contributed by atoms with van der Waals surface area (Å²) >= 11 is 0. The molecule has 0 saturated carbocycles. The van der Waals surface area contributed by atoms with Crippen LogP contribution in [0.25, 0.3) is 0 Å². The fourth-order valence-corrected chi connectivity index (χ4v) is 1.79. The largest absolute Gasteiger partial charge is 0.405 e. The average molecular weight is 354 g/mol. The van der Waals surface area contributed by atoms with Crippen LogP contribution in [0.5, 0.6) is 0 Å². The minimum absolute atomic E-state index is 0.0681. The summed E-state index contributed by atoms with van der Waals surface area (Å²) in [6, 6.07) is 5.92. The number of nitrogens with zero attached hydrogens (tertiary/aromatic N) is 2. The second-order valence-corrected chi connectivity index (χ2v) is 4.86. The second-order valence-electron chi connectivity index (χ2n) is 4.86. The molecular weight excluding hydrogens is 341 g/mol. The standard InChI is InChI=1S/C14H13F3N6O2/c15-14(16,17)6-21-12-9(11(19)25)5-20-13(23-12)22-8-3-1-7(2-4-8)10(18)24/h1-5H,6H2,(H2,18,24)(H2,19,25)(H2,20,21,22,23). The predicted octanol–water partition coefficient (Wildman–Crippen LogP) is 1.39. The van der Waals surface area contributed by atoms with Crippen molar-refractivity contribution in [2.75, 3.05) is 17.2 Å². The van der Waals surface area contributed by atoms with E-state index in [1.807, 2.05) is 5.32 Å². The molecule has 6 N–H and O–H groups in total. The van der Waals surface area contributed by atoms with Crippen LogP contribution in [0.2, 0.25) is 0 Å². The van der Waals surface area contributed by atoms with Gasteiger partial charge < -0.3 is 22.1 Å². The molecule has 0 aliphatic carbocycles. The van der Waals surface area contributed by atoms with Gasteiger partial charge in [0.15, 0.2) is 0 Å². The molecule has 0 fully saturated rings. The number of amides is 2. The van der Waals surface area contributed by atoms with E-state index < -0.39 is 24.5 Å². The molecule has 2 rings (SSSR count). The zero-order chi connectivity index (χ0) is 18.6. The number of nitrogens with two attached hydrogens (primary N) is 2. The first-order valence-electron chi connectivity index (χ1n) is 6.80. The van der Waals surface area contributed by atoms with E-state index in [2.05, 4.69) is 15.3 Å². The molecule has 0 unspecified atom stereocenters. The van der Waals surface area contributed by atoms with Crippen LogP contribution in [0.4, 0.5) is 30.6 Å². The highest BCUT2D eigenvalue weighted by atomic mass is 19.4. The van der Waals surface area contributed by atoms with Crippen LogP contribution in [0.1, 0.15) is 20.7 Å². The van der Waals surface area contributed by atoms with E-state index in [-0.39, 0.29) is 22.9 Å². The summed E-state index contributed by atoms with van der Waals surface area (Å²) < 4.78 is 37.0. The van der Waals surface area contributed by atoms with Crippen LogP contribution < -0.4 is 22.1 Å². The second kappa shape index (κ2) is 7.03. The van der Waals surface area contributed by atoms with Gasteiger partial charge in [0.1, 0.15) is 12.4 Å². The Morgan fingerprint density at radius 1 is 1.08 bits per heavy atom. The number of alkyl halides is 3. The summed E-state index contributed by atoms with van der Waals surface area (Å²) in [4.78, 5) is 29.9. The number of halogens is 3. The molecule has 0 saturated heterocycles. The van der Waals surface area contributed by atoms with Crippen LogP contribution >= 0.6 is 0 Å².